The van der Waals surface area contributed by atoms with Crippen LogP contribution in [0.5, 0.6) is 0 Å². The summed E-state index contributed by atoms with van der Waals surface area (Å²) < 4.78 is 0. The van der Waals surface area contributed by atoms with Gasteiger partial charge in [0.1, 0.15) is 5.71 Å². The third-order valence-electron chi connectivity index (χ3n) is 3.98. The van der Waals surface area contributed by atoms with Crippen LogP contribution in [0.25, 0.3) is 0 Å². The molecule has 0 atom stereocenters. The molecule has 1 aromatic carbocycles. The molecule has 0 heterocycles. The smallest absolute Gasteiger partial charge is 0.741 e. The second-order valence-corrected chi connectivity index (χ2v) is 6.34. The summed E-state index contributed by atoms with van der Waals surface area (Å²) in [5.41, 5.74) is 2.15. The predicted octanol–water partition coefficient (Wildman–Crippen LogP) is 3.25. The molecule has 157 valence electrons. The minimum Gasteiger partial charge on any atom is -0.741 e. The molecule has 0 bridgehead atoms. The fraction of sp³-hybridized carbons (Fsp3) is 0.474. The summed E-state index contributed by atoms with van der Waals surface area (Å²) >= 11 is 10.7. The number of hydrogen-bond donors (Lipinski definition) is 0. The van der Waals surface area contributed by atoms with Gasteiger partial charge in [-0.05, 0) is 34.6 Å². The number of benzene rings is 1. The Kier molecular flexibility index (Phi) is 13.7. The van der Waals surface area contributed by atoms with Crippen molar-refractivity contribution in [1.82, 2.24) is 9.80 Å². The Labute approximate surface area is 190 Å². The van der Waals surface area contributed by atoms with Crippen LogP contribution in [0.3, 0.4) is 0 Å². The van der Waals surface area contributed by atoms with Crippen LogP contribution in [0.2, 0.25) is 0 Å². The van der Waals surface area contributed by atoms with Crippen molar-refractivity contribution in [3.05, 3.63) is 35.9 Å². The molecule has 9 heteroatoms. The first-order chi connectivity index (χ1) is 13.0. The van der Waals surface area contributed by atoms with Crippen molar-refractivity contribution in [2.45, 2.75) is 34.6 Å². The average molecular weight is 468 g/mol. The number of hydrogen-bond acceptors (Lipinski definition) is 6. The van der Waals surface area contributed by atoms with Crippen molar-refractivity contribution >= 4 is 47.0 Å². The molecule has 0 unspecified atom stereocenters. The Balaban J connectivity index is 0.00000729. The van der Waals surface area contributed by atoms with Crippen molar-refractivity contribution in [1.29, 1.82) is 0 Å². The van der Waals surface area contributed by atoms with Gasteiger partial charge in [0.05, 0.1) is 5.71 Å². The zero-order chi connectivity index (χ0) is 20.2. The van der Waals surface area contributed by atoms with Crippen LogP contribution in [0.1, 0.15) is 40.2 Å². The van der Waals surface area contributed by atoms with E-state index in [1.54, 1.807) is 0 Å². The molecule has 1 radical (unpaired) electrons. The first-order valence-corrected chi connectivity index (χ1v) is 9.97. The SMILES string of the molecule is CCN(CC)C([S-])=NN=C(C)C(=NN=C([S-])N(CC)CC)c1ccccc1.[Cu+2]. The molecule has 1 rings (SSSR count). The van der Waals surface area contributed by atoms with Gasteiger partial charge in [0.2, 0.25) is 0 Å². The Morgan fingerprint density at radius 3 is 1.61 bits per heavy atom. The van der Waals surface area contributed by atoms with Crippen molar-refractivity contribution in [2.24, 2.45) is 20.4 Å². The zero-order valence-electron chi connectivity index (χ0n) is 17.0. The maximum Gasteiger partial charge on any atom is 2.00 e. The fourth-order valence-corrected chi connectivity index (χ4v) is 2.91. The Morgan fingerprint density at radius 2 is 1.18 bits per heavy atom. The van der Waals surface area contributed by atoms with Gasteiger partial charge in [0.25, 0.3) is 0 Å². The van der Waals surface area contributed by atoms with E-state index in [2.05, 4.69) is 20.4 Å². The summed E-state index contributed by atoms with van der Waals surface area (Å²) in [6, 6.07) is 9.75. The molecule has 1 aromatic rings. The van der Waals surface area contributed by atoms with Gasteiger partial charge in [0.15, 0.2) is 0 Å². The summed E-state index contributed by atoms with van der Waals surface area (Å²) in [4.78, 5) is 3.93. The first kappa shape index (κ1) is 26.5. The van der Waals surface area contributed by atoms with E-state index in [1.807, 2.05) is 74.8 Å². The summed E-state index contributed by atoms with van der Waals surface area (Å²) in [6.07, 6.45) is 0. The van der Waals surface area contributed by atoms with Crippen molar-refractivity contribution in [3.8, 4) is 0 Å². The summed E-state index contributed by atoms with van der Waals surface area (Å²) in [6.45, 7) is 13.1. The Hall–Kier alpha value is -1.54. The quantitative estimate of drug-likeness (QED) is 0.193. The molecule has 0 aliphatic carbocycles. The third kappa shape index (κ3) is 8.22. The van der Waals surface area contributed by atoms with Crippen molar-refractivity contribution in [2.75, 3.05) is 26.2 Å². The third-order valence-corrected chi connectivity index (χ3v) is 4.66. The summed E-state index contributed by atoms with van der Waals surface area (Å²) in [5.74, 6) is 0. The molecular weight excluding hydrogens is 440 g/mol. The largest absolute Gasteiger partial charge is 2.00 e. The van der Waals surface area contributed by atoms with Crippen LogP contribution >= 0.6 is 0 Å². The Bertz CT molecular complexity index is 696. The molecular formula is C19H28CuN6S2. The van der Waals surface area contributed by atoms with Crippen LogP contribution in [-0.4, -0.2) is 57.7 Å². The van der Waals surface area contributed by atoms with E-state index < -0.39 is 0 Å². The topological polar surface area (TPSA) is 55.9 Å². The van der Waals surface area contributed by atoms with Crippen LogP contribution in [0.15, 0.2) is 50.7 Å². The molecule has 0 N–H and O–H groups in total. The van der Waals surface area contributed by atoms with Crippen LogP contribution < -0.4 is 0 Å². The van der Waals surface area contributed by atoms with Crippen LogP contribution in [0.4, 0.5) is 0 Å². The zero-order valence-corrected chi connectivity index (χ0v) is 19.6. The molecule has 0 amide bonds. The minimum atomic E-state index is 0. The average Bonchev–Trinajstić information content (AvgIpc) is 2.69. The van der Waals surface area contributed by atoms with Gasteiger partial charge in [-0.1, -0.05) is 30.3 Å². The number of rotatable bonds is 8. The molecule has 0 aliphatic heterocycles. The molecule has 0 fully saturated rings. The van der Waals surface area contributed by atoms with Gasteiger partial charge < -0.3 is 35.1 Å². The van der Waals surface area contributed by atoms with E-state index >= 15 is 0 Å². The van der Waals surface area contributed by atoms with Gasteiger partial charge in [-0.15, -0.1) is 5.10 Å². The monoisotopic (exact) mass is 467 g/mol. The Morgan fingerprint density at radius 1 is 0.750 bits per heavy atom. The second-order valence-electron chi connectivity index (χ2n) is 5.61. The minimum absolute atomic E-state index is 0. The van der Waals surface area contributed by atoms with Gasteiger partial charge in [-0.3, -0.25) is 0 Å². The maximum atomic E-state index is 5.36. The van der Waals surface area contributed by atoms with E-state index in [9.17, 15) is 0 Å². The molecule has 0 saturated carbocycles. The van der Waals surface area contributed by atoms with Gasteiger partial charge >= 0.3 is 17.1 Å². The summed E-state index contributed by atoms with van der Waals surface area (Å²) in [5, 5.41) is 18.0. The second kappa shape index (κ2) is 14.5. The standard InChI is InChI=1S/C19H30N6S2.Cu/c1-6-24(7-2)18(26)22-20-15(5)17(16-13-11-10-12-14-16)21-23-19(27)25(8-3)9-4;/h10-14H,6-9H2,1-5H3,(H,22,26)(H,23,27);/q;+2/p-2. The molecule has 28 heavy (non-hydrogen) atoms. The van der Waals surface area contributed by atoms with Gasteiger partial charge in [-0.2, -0.15) is 15.3 Å². The molecule has 0 saturated heterocycles. The van der Waals surface area contributed by atoms with E-state index in [0.717, 1.165) is 31.7 Å². The fourth-order valence-electron chi connectivity index (χ4n) is 2.31. The molecule has 0 spiro atoms. The maximum absolute atomic E-state index is 5.36. The molecule has 0 aliphatic rings. The molecule has 6 nitrogen and oxygen atoms in total. The van der Waals surface area contributed by atoms with E-state index in [1.165, 1.54) is 0 Å². The van der Waals surface area contributed by atoms with Crippen LogP contribution in [-0.2, 0) is 42.3 Å². The van der Waals surface area contributed by atoms with Crippen molar-refractivity contribution in [3.63, 3.8) is 0 Å². The number of amidine groups is 2. The van der Waals surface area contributed by atoms with Crippen LogP contribution in [0, 0.1) is 0 Å². The molecule has 0 aromatic heterocycles. The first-order valence-electron chi connectivity index (χ1n) is 9.15. The van der Waals surface area contributed by atoms with Gasteiger partial charge in [0, 0.05) is 42.1 Å². The van der Waals surface area contributed by atoms with Gasteiger partial charge in [-0.25, -0.2) is 0 Å². The predicted molar refractivity (Wildman–Crippen MR) is 122 cm³/mol. The van der Waals surface area contributed by atoms with E-state index in [-0.39, 0.29) is 17.1 Å². The normalized spacial score (nSPS) is 13.2. The van der Waals surface area contributed by atoms with Crippen molar-refractivity contribution < 1.29 is 17.1 Å². The number of nitrogens with zero attached hydrogens (tertiary/aromatic N) is 6. The van der Waals surface area contributed by atoms with E-state index in [4.69, 9.17) is 25.3 Å². The van der Waals surface area contributed by atoms with E-state index in [0.29, 0.717) is 21.8 Å². The summed E-state index contributed by atoms with van der Waals surface area (Å²) in [7, 11) is 0.